The number of hydrogen-bond donors (Lipinski definition) is 0. The summed E-state index contributed by atoms with van der Waals surface area (Å²) in [6, 6.07) is 6.47. The van der Waals surface area contributed by atoms with Gasteiger partial charge in [0.2, 0.25) is 0 Å². The van der Waals surface area contributed by atoms with Crippen molar-refractivity contribution in [3.05, 3.63) is 29.8 Å². The van der Waals surface area contributed by atoms with Gasteiger partial charge in [0.1, 0.15) is 0 Å². The van der Waals surface area contributed by atoms with Crippen molar-refractivity contribution < 1.29 is 13.2 Å². The first-order valence-electron chi connectivity index (χ1n) is 5.06. The van der Waals surface area contributed by atoms with Crippen LogP contribution < -0.4 is 0 Å². The molecule has 1 aromatic carbocycles. The maximum absolute atomic E-state index is 11.0. The van der Waals surface area contributed by atoms with Gasteiger partial charge >= 0.3 is 0 Å². The standard InChI is InChI=1S/C11H15ClO3S/c1-3-4-11(15-2)9-5-7-10(8-6-9)16(12,13)14/h5-8,11H,3-4H2,1-2H3/t11-/m0/s1. The highest BCUT2D eigenvalue weighted by Gasteiger charge is 2.12. The minimum Gasteiger partial charge on any atom is -0.377 e. The molecule has 0 spiro atoms. The molecule has 0 aliphatic rings. The molecular formula is C11H15ClO3S. The average molecular weight is 263 g/mol. The van der Waals surface area contributed by atoms with Gasteiger partial charge in [-0.2, -0.15) is 0 Å². The van der Waals surface area contributed by atoms with E-state index in [9.17, 15) is 8.42 Å². The third-order valence-electron chi connectivity index (χ3n) is 2.37. The van der Waals surface area contributed by atoms with Gasteiger partial charge in [0.05, 0.1) is 11.0 Å². The van der Waals surface area contributed by atoms with Gasteiger partial charge in [-0.1, -0.05) is 25.5 Å². The molecule has 90 valence electrons. The zero-order valence-electron chi connectivity index (χ0n) is 9.31. The molecule has 16 heavy (non-hydrogen) atoms. The van der Waals surface area contributed by atoms with Gasteiger partial charge in [-0.15, -0.1) is 0 Å². The molecule has 0 bridgehead atoms. The highest BCUT2D eigenvalue weighted by Crippen LogP contribution is 2.24. The van der Waals surface area contributed by atoms with Gasteiger partial charge in [-0.25, -0.2) is 8.42 Å². The molecule has 0 saturated carbocycles. The summed E-state index contributed by atoms with van der Waals surface area (Å²) < 4.78 is 27.4. The summed E-state index contributed by atoms with van der Waals surface area (Å²) in [4.78, 5) is 0.115. The highest BCUT2D eigenvalue weighted by molar-refractivity contribution is 8.13. The molecule has 0 aliphatic carbocycles. The fourth-order valence-electron chi connectivity index (χ4n) is 1.53. The Bertz CT molecular complexity index is 425. The van der Waals surface area contributed by atoms with Gasteiger partial charge in [-0.05, 0) is 24.1 Å². The lowest BCUT2D eigenvalue weighted by atomic mass is 10.1. The zero-order chi connectivity index (χ0) is 12.2. The molecule has 5 heteroatoms. The van der Waals surface area contributed by atoms with E-state index >= 15 is 0 Å². The Balaban J connectivity index is 2.93. The van der Waals surface area contributed by atoms with Gasteiger partial charge in [0, 0.05) is 17.8 Å². The minimum atomic E-state index is -3.63. The van der Waals surface area contributed by atoms with Gasteiger partial charge < -0.3 is 4.74 Å². The molecule has 1 atom stereocenters. The summed E-state index contributed by atoms with van der Waals surface area (Å²) in [5, 5.41) is 0. The minimum absolute atomic E-state index is 0.0112. The van der Waals surface area contributed by atoms with Crippen molar-refractivity contribution in [3.8, 4) is 0 Å². The SMILES string of the molecule is CCC[C@H](OC)c1ccc(S(=O)(=O)Cl)cc1. The Morgan fingerprint density at radius 2 is 1.88 bits per heavy atom. The van der Waals surface area contributed by atoms with Crippen LogP contribution in [0.3, 0.4) is 0 Å². The molecule has 0 N–H and O–H groups in total. The molecule has 0 radical (unpaired) electrons. The maximum Gasteiger partial charge on any atom is 0.261 e. The number of hydrogen-bond acceptors (Lipinski definition) is 3. The molecule has 0 saturated heterocycles. The third-order valence-corrected chi connectivity index (χ3v) is 3.74. The van der Waals surface area contributed by atoms with Crippen LogP contribution in [0.1, 0.15) is 31.4 Å². The summed E-state index contributed by atoms with van der Waals surface area (Å²) in [6.07, 6.45) is 1.93. The second kappa shape index (κ2) is 5.66. The van der Waals surface area contributed by atoms with Crippen LogP contribution >= 0.6 is 10.7 Å². The topological polar surface area (TPSA) is 43.4 Å². The van der Waals surface area contributed by atoms with Gasteiger partial charge in [0.15, 0.2) is 0 Å². The Morgan fingerprint density at radius 3 is 2.25 bits per heavy atom. The van der Waals surface area contributed by atoms with E-state index in [0.717, 1.165) is 18.4 Å². The van der Waals surface area contributed by atoms with Crippen LogP contribution in [0, 0.1) is 0 Å². The monoisotopic (exact) mass is 262 g/mol. The number of benzene rings is 1. The summed E-state index contributed by atoms with van der Waals surface area (Å²) in [5.74, 6) is 0. The number of rotatable bonds is 5. The molecule has 0 amide bonds. The highest BCUT2D eigenvalue weighted by atomic mass is 35.7. The molecule has 0 aliphatic heterocycles. The fourth-order valence-corrected chi connectivity index (χ4v) is 2.30. The Hall–Kier alpha value is -0.580. The third kappa shape index (κ3) is 3.47. The summed E-state index contributed by atoms with van der Waals surface area (Å²) in [5.41, 5.74) is 0.966. The smallest absolute Gasteiger partial charge is 0.261 e. The van der Waals surface area contributed by atoms with E-state index in [1.54, 1.807) is 19.2 Å². The quantitative estimate of drug-likeness (QED) is 0.766. The Morgan fingerprint density at radius 1 is 1.31 bits per heavy atom. The molecule has 1 aromatic rings. The molecule has 1 rings (SSSR count). The first kappa shape index (κ1) is 13.5. The van der Waals surface area contributed by atoms with Crippen molar-refractivity contribution >= 4 is 19.7 Å². The Kier molecular flexibility index (Phi) is 4.77. The normalized spacial score (nSPS) is 13.7. The van der Waals surface area contributed by atoms with Crippen molar-refractivity contribution in [2.24, 2.45) is 0 Å². The number of methoxy groups -OCH3 is 1. The predicted octanol–water partition coefficient (Wildman–Crippen LogP) is 3.10. The fraction of sp³-hybridized carbons (Fsp3) is 0.455. The van der Waals surface area contributed by atoms with E-state index in [2.05, 4.69) is 6.92 Å². The van der Waals surface area contributed by atoms with Crippen LogP contribution in [0.25, 0.3) is 0 Å². The van der Waals surface area contributed by atoms with Crippen molar-refractivity contribution in [1.82, 2.24) is 0 Å². The van der Waals surface area contributed by atoms with Crippen LogP contribution in [0.4, 0.5) is 0 Å². The first-order chi connectivity index (χ1) is 7.49. The summed E-state index contributed by atoms with van der Waals surface area (Å²) >= 11 is 0. The summed E-state index contributed by atoms with van der Waals surface area (Å²) in [7, 11) is 3.24. The van der Waals surface area contributed by atoms with E-state index in [1.807, 2.05) is 0 Å². The van der Waals surface area contributed by atoms with Crippen LogP contribution in [-0.4, -0.2) is 15.5 Å². The first-order valence-corrected chi connectivity index (χ1v) is 7.37. The van der Waals surface area contributed by atoms with Crippen molar-refractivity contribution in [1.29, 1.82) is 0 Å². The molecule has 0 heterocycles. The molecule has 0 unspecified atom stereocenters. The summed E-state index contributed by atoms with van der Waals surface area (Å²) in [6.45, 7) is 2.07. The molecule has 0 fully saturated rings. The van der Waals surface area contributed by atoms with Gasteiger partial charge in [-0.3, -0.25) is 0 Å². The van der Waals surface area contributed by atoms with E-state index in [4.69, 9.17) is 15.4 Å². The number of ether oxygens (including phenoxy) is 1. The second-order valence-electron chi connectivity index (χ2n) is 3.52. The van der Waals surface area contributed by atoms with Crippen LogP contribution in [-0.2, 0) is 13.8 Å². The zero-order valence-corrected chi connectivity index (χ0v) is 10.9. The van der Waals surface area contributed by atoms with Crippen molar-refractivity contribution in [2.75, 3.05) is 7.11 Å². The van der Waals surface area contributed by atoms with E-state index in [0.29, 0.717) is 0 Å². The predicted molar refractivity (Wildman–Crippen MR) is 64.1 cm³/mol. The van der Waals surface area contributed by atoms with Crippen molar-refractivity contribution in [3.63, 3.8) is 0 Å². The van der Waals surface area contributed by atoms with Crippen LogP contribution in [0.5, 0.6) is 0 Å². The lowest BCUT2D eigenvalue weighted by Gasteiger charge is -2.14. The maximum atomic E-state index is 11.0. The van der Waals surface area contributed by atoms with Crippen LogP contribution in [0.15, 0.2) is 29.2 Å². The average Bonchev–Trinajstić information content (AvgIpc) is 2.25. The lowest BCUT2D eigenvalue weighted by molar-refractivity contribution is 0.0949. The van der Waals surface area contributed by atoms with Crippen molar-refractivity contribution in [2.45, 2.75) is 30.8 Å². The largest absolute Gasteiger partial charge is 0.377 e. The second-order valence-corrected chi connectivity index (χ2v) is 6.09. The van der Waals surface area contributed by atoms with E-state index in [1.165, 1.54) is 12.1 Å². The number of halogens is 1. The van der Waals surface area contributed by atoms with Gasteiger partial charge in [0.25, 0.3) is 9.05 Å². The Labute approximate surface area is 101 Å². The molecule has 3 nitrogen and oxygen atoms in total. The van der Waals surface area contributed by atoms with Crippen LogP contribution in [0.2, 0.25) is 0 Å². The van der Waals surface area contributed by atoms with E-state index in [-0.39, 0.29) is 11.0 Å². The molecular weight excluding hydrogens is 248 g/mol. The lowest BCUT2D eigenvalue weighted by Crippen LogP contribution is -2.01. The van der Waals surface area contributed by atoms with E-state index < -0.39 is 9.05 Å². The molecule has 0 aromatic heterocycles.